The molecule has 4 heteroatoms. The molecule has 1 saturated carbocycles. The second-order valence-corrected chi connectivity index (χ2v) is 6.06. The summed E-state index contributed by atoms with van der Waals surface area (Å²) >= 11 is 0. The molecule has 0 bridgehead atoms. The fourth-order valence-electron chi connectivity index (χ4n) is 2.29. The lowest BCUT2D eigenvalue weighted by atomic mass is 9.80. The molecule has 4 nitrogen and oxygen atoms in total. The van der Waals surface area contributed by atoms with Crippen LogP contribution >= 0.6 is 0 Å². The largest absolute Gasteiger partial charge is 0.550 e. The van der Waals surface area contributed by atoms with E-state index in [0.717, 1.165) is 36.7 Å². The summed E-state index contributed by atoms with van der Waals surface area (Å²) in [6, 6.07) is 0. The van der Waals surface area contributed by atoms with Gasteiger partial charge in [0.25, 0.3) is 0 Å². The number of hydrogen-bond acceptors (Lipinski definition) is 3. The Morgan fingerprint density at radius 3 is 2.53 bits per heavy atom. The molecular formula is C13H25NO3. The number of carbonyl (C=O) groups is 1. The predicted molar refractivity (Wildman–Crippen MR) is 64.2 cm³/mol. The maximum atomic E-state index is 11.0. The molecule has 17 heavy (non-hydrogen) atoms. The third-order valence-corrected chi connectivity index (χ3v) is 3.45. The summed E-state index contributed by atoms with van der Waals surface area (Å²) in [6.45, 7) is 2.21. The van der Waals surface area contributed by atoms with Crippen molar-refractivity contribution in [2.75, 3.05) is 40.9 Å². The van der Waals surface area contributed by atoms with Crippen molar-refractivity contribution in [2.45, 2.75) is 25.7 Å². The second-order valence-electron chi connectivity index (χ2n) is 6.06. The minimum atomic E-state index is -0.898. The topological polar surface area (TPSA) is 49.4 Å². The van der Waals surface area contributed by atoms with Crippen molar-refractivity contribution in [3.8, 4) is 0 Å². The number of carboxylic acid groups (broad SMARTS) is 1. The number of carboxylic acids is 1. The molecule has 0 amide bonds. The number of likely N-dealkylation sites (N-methyl/N-ethyl adjacent to an activating group) is 1. The number of hydrogen-bond donors (Lipinski definition) is 0. The van der Waals surface area contributed by atoms with Gasteiger partial charge in [-0.15, -0.1) is 0 Å². The molecule has 1 rings (SSSR count). The fourth-order valence-corrected chi connectivity index (χ4v) is 2.29. The Hall–Kier alpha value is -0.610. The molecule has 2 unspecified atom stereocenters. The molecule has 1 aliphatic rings. The van der Waals surface area contributed by atoms with E-state index in [2.05, 4.69) is 21.1 Å². The van der Waals surface area contributed by atoms with Crippen molar-refractivity contribution in [3.63, 3.8) is 0 Å². The summed E-state index contributed by atoms with van der Waals surface area (Å²) < 4.78 is 6.49. The van der Waals surface area contributed by atoms with E-state index in [-0.39, 0.29) is 11.8 Å². The molecule has 0 N–H and O–H groups in total. The first-order valence-electron chi connectivity index (χ1n) is 6.49. The molecular weight excluding hydrogens is 218 g/mol. The molecule has 1 aliphatic carbocycles. The molecule has 0 heterocycles. The summed E-state index contributed by atoms with van der Waals surface area (Å²) in [5.74, 6) is -1.04. The van der Waals surface area contributed by atoms with Crippen molar-refractivity contribution >= 4 is 5.97 Å². The number of carbonyl (C=O) groups excluding carboxylic acids is 1. The maximum Gasteiger partial charge on any atom is 0.102 e. The number of ether oxygens (including phenoxy) is 1. The van der Waals surface area contributed by atoms with Crippen LogP contribution in [-0.4, -0.2) is 51.4 Å². The zero-order valence-electron chi connectivity index (χ0n) is 11.3. The lowest BCUT2D eigenvalue weighted by Crippen LogP contribution is -2.40. The van der Waals surface area contributed by atoms with E-state index in [4.69, 9.17) is 4.74 Å². The van der Waals surface area contributed by atoms with Gasteiger partial charge in [-0.25, -0.2) is 0 Å². The van der Waals surface area contributed by atoms with Crippen LogP contribution in [-0.2, 0) is 9.53 Å². The Labute approximate surface area is 104 Å². The highest BCUT2D eigenvalue weighted by atomic mass is 16.5. The van der Waals surface area contributed by atoms with Gasteiger partial charge in [-0.05, 0) is 18.8 Å². The fraction of sp³-hybridized carbons (Fsp3) is 0.923. The van der Waals surface area contributed by atoms with Crippen molar-refractivity contribution in [2.24, 2.45) is 11.8 Å². The van der Waals surface area contributed by atoms with Crippen molar-refractivity contribution < 1.29 is 19.1 Å². The Morgan fingerprint density at radius 2 is 1.94 bits per heavy atom. The first-order valence-corrected chi connectivity index (χ1v) is 6.49. The first-order chi connectivity index (χ1) is 7.90. The van der Waals surface area contributed by atoms with Crippen LogP contribution in [0.5, 0.6) is 0 Å². The highest BCUT2D eigenvalue weighted by Gasteiger charge is 2.26. The maximum absolute atomic E-state index is 11.0. The van der Waals surface area contributed by atoms with Crippen LogP contribution in [0, 0.1) is 11.8 Å². The summed E-state index contributed by atoms with van der Waals surface area (Å²) in [5.41, 5.74) is 0. The zero-order chi connectivity index (χ0) is 12.9. The Kier molecular flexibility index (Phi) is 5.40. The van der Waals surface area contributed by atoms with Crippen LogP contribution in [0.3, 0.4) is 0 Å². The quantitative estimate of drug-likeness (QED) is 0.497. The minimum Gasteiger partial charge on any atom is -0.550 e. The highest BCUT2D eigenvalue weighted by molar-refractivity contribution is 5.68. The minimum absolute atomic E-state index is 0.154. The molecule has 0 aromatic heterocycles. The molecule has 0 saturated heterocycles. The van der Waals surface area contributed by atoms with Crippen molar-refractivity contribution in [1.82, 2.24) is 0 Å². The van der Waals surface area contributed by atoms with Crippen LogP contribution in [0.25, 0.3) is 0 Å². The molecule has 0 aromatic carbocycles. The standard InChI is InChI=1S/C13H25NO3/c1-14(2,3)8-9-17-10-11-6-4-5-7-12(11)13(15)16/h11-12H,4-10H2,1-3H3. The molecule has 0 radical (unpaired) electrons. The van der Waals surface area contributed by atoms with Gasteiger partial charge in [-0.2, -0.15) is 0 Å². The predicted octanol–water partition coefficient (Wildman–Crippen LogP) is 0.266. The summed E-state index contributed by atoms with van der Waals surface area (Å²) in [6.07, 6.45) is 3.84. The number of aliphatic carboxylic acids is 1. The van der Waals surface area contributed by atoms with Crippen LogP contribution < -0.4 is 5.11 Å². The third-order valence-electron chi connectivity index (χ3n) is 3.45. The van der Waals surface area contributed by atoms with Gasteiger partial charge in [-0.1, -0.05) is 12.8 Å². The average molecular weight is 243 g/mol. The SMILES string of the molecule is C[N+](C)(C)CCOCC1CCCCC1C(=O)[O-]. The van der Waals surface area contributed by atoms with Crippen molar-refractivity contribution in [1.29, 1.82) is 0 Å². The summed E-state index contributed by atoms with van der Waals surface area (Å²) in [7, 11) is 6.36. The van der Waals surface area contributed by atoms with Gasteiger partial charge < -0.3 is 19.1 Å². The lowest BCUT2D eigenvalue weighted by molar-refractivity contribution is -0.870. The second kappa shape index (κ2) is 6.36. The van der Waals surface area contributed by atoms with Crippen LogP contribution in [0.4, 0.5) is 0 Å². The van der Waals surface area contributed by atoms with Crippen LogP contribution in [0.15, 0.2) is 0 Å². The number of nitrogens with zero attached hydrogens (tertiary/aromatic N) is 1. The van der Waals surface area contributed by atoms with E-state index >= 15 is 0 Å². The Balaban J connectivity index is 2.26. The third kappa shape index (κ3) is 5.50. The Bertz CT molecular complexity index is 248. The smallest absolute Gasteiger partial charge is 0.102 e. The molecule has 2 atom stereocenters. The van der Waals surface area contributed by atoms with Crippen molar-refractivity contribution in [3.05, 3.63) is 0 Å². The number of rotatable bonds is 6. The average Bonchev–Trinajstić information content (AvgIpc) is 2.23. The first kappa shape index (κ1) is 14.5. The van der Waals surface area contributed by atoms with Gasteiger partial charge in [0.2, 0.25) is 0 Å². The monoisotopic (exact) mass is 243 g/mol. The van der Waals surface area contributed by atoms with Gasteiger partial charge in [0.1, 0.15) is 6.54 Å². The van der Waals surface area contributed by atoms with Crippen LogP contribution in [0.2, 0.25) is 0 Å². The molecule has 0 aromatic rings. The van der Waals surface area contributed by atoms with E-state index in [0.29, 0.717) is 13.2 Å². The lowest BCUT2D eigenvalue weighted by Gasteiger charge is -2.32. The van der Waals surface area contributed by atoms with E-state index in [1.54, 1.807) is 0 Å². The molecule has 1 fully saturated rings. The van der Waals surface area contributed by atoms with E-state index in [1.807, 2.05) is 0 Å². The van der Waals surface area contributed by atoms with Gasteiger partial charge in [-0.3, -0.25) is 0 Å². The van der Waals surface area contributed by atoms with E-state index in [9.17, 15) is 9.90 Å². The van der Waals surface area contributed by atoms with Gasteiger partial charge in [0, 0.05) is 11.9 Å². The number of quaternary nitrogens is 1. The van der Waals surface area contributed by atoms with Gasteiger partial charge in [0.05, 0.1) is 34.4 Å². The van der Waals surface area contributed by atoms with E-state index < -0.39 is 5.97 Å². The Morgan fingerprint density at radius 1 is 1.29 bits per heavy atom. The normalized spacial score (nSPS) is 25.8. The van der Waals surface area contributed by atoms with E-state index in [1.165, 1.54) is 0 Å². The molecule has 0 spiro atoms. The summed E-state index contributed by atoms with van der Waals surface area (Å²) in [5, 5.41) is 11.0. The van der Waals surface area contributed by atoms with Crippen LogP contribution in [0.1, 0.15) is 25.7 Å². The summed E-state index contributed by atoms with van der Waals surface area (Å²) in [4.78, 5) is 11.0. The highest BCUT2D eigenvalue weighted by Crippen LogP contribution is 2.29. The van der Waals surface area contributed by atoms with Gasteiger partial charge >= 0.3 is 0 Å². The molecule has 100 valence electrons. The zero-order valence-corrected chi connectivity index (χ0v) is 11.3. The van der Waals surface area contributed by atoms with Gasteiger partial charge in [0.15, 0.2) is 0 Å². The molecule has 0 aliphatic heterocycles.